The van der Waals surface area contributed by atoms with E-state index >= 15 is 0 Å². The zero-order valence-corrected chi connectivity index (χ0v) is 19.5. The molecule has 0 aromatic heterocycles. The zero-order chi connectivity index (χ0) is 24.4. The summed E-state index contributed by atoms with van der Waals surface area (Å²) in [6.07, 6.45) is 3.18. The molecule has 168 valence electrons. The van der Waals surface area contributed by atoms with Crippen molar-refractivity contribution in [1.29, 1.82) is 0 Å². The van der Waals surface area contributed by atoms with Gasteiger partial charge >= 0.3 is 7.12 Å². The molecule has 0 aliphatic rings. The van der Waals surface area contributed by atoms with Crippen LogP contribution >= 0.6 is 15.9 Å². The number of hydrogen-bond donors (Lipinski definition) is 4. The average Bonchev–Trinajstić information content (AvgIpc) is 2.82. The molecule has 0 aliphatic carbocycles. The molecule has 0 fully saturated rings. The minimum absolute atomic E-state index is 0.182. The summed E-state index contributed by atoms with van der Waals surface area (Å²) in [6.45, 7) is 21.5. The lowest BCUT2D eigenvalue weighted by Crippen LogP contribution is -2.29. The third-order valence-corrected chi connectivity index (χ3v) is 4.32. The number of nitrogens with zero attached hydrogens (tertiary/aromatic N) is 2. The number of allylic oxidation sites excluding steroid dienone is 2. The highest BCUT2D eigenvalue weighted by Gasteiger charge is 2.09. The normalized spacial score (nSPS) is 9.09. The Hall–Kier alpha value is -2.72. The molecule has 0 aliphatic heterocycles. The second kappa shape index (κ2) is 17.9. The topological polar surface area (TPSA) is 89.6 Å². The first kappa shape index (κ1) is 29.3. The van der Waals surface area contributed by atoms with E-state index in [1.54, 1.807) is 24.3 Å². The van der Waals surface area contributed by atoms with Gasteiger partial charge in [-0.1, -0.05) is 71.6 Å². The molecule has 0 saturated heterocycles. The highest BCUT2D eigenvalue weighted by Crippen LogP contribution is 2.22. The maximum Gasteiger partial charge on any atom is 0.487 e. The van der Waals surface area contributed by atoms with Gasteiger partial charge in [-0.3, -0.25) is 0 Å². The number of benzene rings is 2. The lowest BCUT2D eigenvalue weighted by atomic mass is 9.80. The van der Waals surface area contributed by atoms with Crippen molar-refractivity contribution in [1.82, 2.24) is 0 Å². The zero-order valence-electron chi connectivity index (χ0n) is 17.9. The molecule has 6 nitrogen and oxygen atoms in total. The van der Waals surface area contributed by atoms with Gasteiger partial charge in [-0.25, -0.2) is 9.69 Å². The van der Waals surface area contributed by atoms with Crippen LogP contribution in [0.15, 0.2) is 66.2 Å². The Balaban J connectivity index is 0.000000478. The van der Waals surface area contributed by atoms with Crippen molar-refractivity contribution in [2.24, 2.45) is 0 Å². The van der Waals surface area contributed by atoms with E-state index < -0.39 is 7.12 Å². The Morgan fingerprint density at radius 2 is 1.41 bits per heavy atom. The second-order valence-corrected chi connectivity index (χ2v) is 7.64. The van der Waals surface area contributed by atoms with Crippen LogP contribution in [0.1, 0.15) is 31.2 Å². The number of hydrogen-bond acceptors (Lipinski definition) is 4. The van der Waals surface area contributed by atoms with Crippen molar-refractivity contribution in [3.63, 3.8) is 0 Å². The largest absolute Gasteiger partial charge is 0.487 e. The molecule has 2 rings (SSSR count). The van der Waals surface area contributed by atoms with Crippen molar-refractivity contribution < 1.29 is 20.3 Å². The van der Waals surface area contributed by atoms with Crippen LogP contribution in [0.4, 0.5) is 11.4 Å². The molecule has 0 bridgehead atoms. The second-order valence-electron chi connectivity index (χ2n) is 6.52. The molecule has 0 unspecified atom stereocenters. The SMILES string of the molecule is C=C(Br)CCCO.[C-]#[N+]c1cccc(B(O)O)c1.[C-]#[N+]c1cccc(C(=C)CCCO)c1. The van der Waals surface area contributed by atoms with Crippen LogP contribution in [-0.4, -0.2) is 40.6 Å². The smallest absolute Gasteiger partial charge is 0.423 e. The Morgan fingerprint density at radius 1 is 0.875 bits per heavy atom. The molecule has 0 radical (unpaired) electrons. The van der Waals surface area contributed by atoms with Crippen molar-refractivity contribution in [3.05, 3.63) is 94.6 Å². The Bertz CT molecular complexity index is 936. The van der Waals surface area contributed by atoms with Gasteiger partial charge < -0.3 is 20.3 Å². The van der Waals surface area contributed by atoms with E-state index in [2.05, 4.69) is 38.8 Å². The fourth-order valence-electron chi connectivity index (χ4n) is 2.26. The first-order valence-corrected chi connectivity index (χ1v) is 10.6. The van der Waals surface area contributed by atoms with Crippen molar-refractivity contribution in [3.8, 4) is 0 Å². The van der Waals surface area contributed by atoms with Crippen molar-refractivity contribution in [2.45, 2.75) is 25.7 Å². The fraction of sp³-hybridized carbons (Fsp3) is 0.250. The van der Waals surface area contributed by atoms with Gasteiger partial charge in [0.05, 0.1) is 13.1 Å². The van der Waals surface area contributed by atoms with E-state index in [1.165, 1.54) is 6.07 Å². The highest BCUT2D eigenvalue weighted by molar-refractivity contribution is 9.11. The van der Waals surface area contributed by atoms with Crippen molar-refractivity contribution in [2.75, 3.05) is 13.2 Å². The van der Waals surface area contributed by atoms with Gasteiger partial charge in [0.2, 0.25) is 0 Å². The van der Waals surface area contributed by atoms with Gasteiger partial charge in [0.15, 0.2) is 11.4 Å². The maximum atomic E-state index is 8.70. The van der Waals surface area contributed by atoms with Crippen LogP contribution in [-0.2, 0) is 0 Å². The van der Waals surface area contributed by atoms with Crippen molar-refractivity contribution >= 4 is 45.5 Å². The molecular formula is C24H28BBrN2O4. The molecule has 0 saturated carbocycles. The fourth-order valence-corrected chi connectivity index (χ4v) is 2.54. The minimum Gasteiger partial charge on any atom is -0.423 e. The quantitative estimate of drug-likeness (QED) is 0.316. The molecule has 8 heteroatoms. The van der Waals surface area contributed by atoms with Gasteiger partial charge in [0, 0.05) is 13.2 Å². The van der Waals surface area contributed by atoms with E-state index in [-0.39, 0.29) is 13.2 Å². The summed E-state index contributed by atoms with van der Waals surface area (Å²) in [7, 11) is -1.49. The molecule has 0 atom stereocenters. The number of aliphatic hydroxyl groups is 2. The molecule has 0 heterocycles. The Labute approximate surface area is 199 Å². The summed E-state index contributed by atoms with van der Waals surface area (Å²) >= 11 is 3.17. The number of rotatable bonds is 8. The van der Waals surface area contributed by atoms with Crippen LogP contribution in [0.3, 0.4) is 0 Å². The van der Waals surface area contributed by atoms with Crippen LogP contribution in [0.25, 0.3) is 15.3 Å². The standard InChI is InChI=1S/C12H13NO.C7H6BNO2.C5H9BrO/c1-10(5-4-8-14)11-6-3-7-12(9-11)13-2;1-9-7-4-2-3-6(5-7)8(10)11;1-5(6)3-2-4-7/h3,6-7,9,14H,1,4-5,8H2;2-5,10-11H;7H,1-4H2. The third kappa shape index (κ3) is 13.6. The predicted molar refractivity (Wildman–Crippen MR) is 135 cm³/mol. The van der Waals surface area contributed by atoms with Crippen LogP contribution < -0.4 is 5.46 Å². The maximum absolute atomic E-state index is 8.70. The average molecular weight is 499 g/mol. The first-order valence-electron chi connectivity index (χ1n) is 9.83. The lowest BCUT2D eigenvalue weighted by molar-refractivity contribution is 0.289. The molecule has 2 aromatic rings. The molecule has 0 amide bonds. The van der Waals surface area contributed by atoms with Crippen LogP contribution in [0.2, 0.25) is 0 Å². The summed E-state index contributed by atoms with van der Waals surface area (Å²) in [5.41, 5.74) is 3.36. The number of halogens is 1. The Kier molecular flexibility index (Phi) is 16.4. The van der Waals surface area contributed by atoms with E-state index in [0.29, 0.717) is 16.8 Å². The summed E-state index contributed by atoms with van der Waals surface area (Å²) in [5, 5.41) is 34.3. The Morgan fingerprint density at radius 3 is 1.88 bits per heavy atom. The lowest BCUT2D eigenvalue weighted by Gasteiger charge is -2.04. The molecule has 32 heavy (non-hydrogen) atoms. The van der Waals surface area contributed by atoms with E-state index in [9.17, 15) is 0 Å². The van der Waals surface area contributed by atoms with Gasteiger partial charge in [-0.15, -0.1) is 0 Å². The van der Waals surface area contributed by atoms with Crippen LogP contribution in [0, 0.1) is 13.1 Å². The molecule has 2 aromatic carbocycles. The summed E-state index contributed by atoms with van der Waals surface area (Å²) in [6, 6.07) is 13.6. The summed E-state index contributed by atoms with van der Waals surface area (Å²) < 4.78 is 0.960. The van der Waals surface area contributed by atoms with Gasteiger partial charge in [0.25, 0.3) is 0 Å². The monoisotopic (exact) mass is 498 g/mol. The predicted octanol–water partition coefficient (Wildman–Crippen LogP) is 4.61. The summed E-state index contributed by atoms with van der Waals surface area (Å²) in [5.74, 6) is 0. The first-order chi connectivity index (χ1) is 15.3. The molecular weight excluding hydrogens is 471 g/mol. The highest BCUT2D eigenvalue weighted by atomic mass is 79.9. The van der Waals surface area contributed by atoms with E-state index in [1.807, 2.05) is 18.2 Å². The van der Waals surface area contributed by atoms with Gasteiger partial charge in [0.1, 0.15) is 0 Å². The van der Waals surface area contributed by atoms with E-state index in [4.69, 9.17) is 33.4 Å². The number of aliphatic hydroxyl groups excluding tert-OH is 2. The molecule has 4 N–H and O–H groups in total. The summed E-state index contributed by atoms with van der Waals surface area (Å²) in [4.78, 5) is 6.49. The van der Waals surface area contributed by atoms with E-state index in [0.717, 1.165) is 41.3 Å². The van der Waals surface area contributed by atoms with Gasteiger partial charge in [-0.2, -0.15) is 0 Å². The third-order valence-electron chi connectivity index (χ3n) is 3.92. The molecule has 0 spiro atoms. The van der Waals surface area contributed by atoms with Gasteiger partial charge in [-0.05, 0) is 52.8 Å². The van der Waals surface area contributed by atoms with Crippen LogP contribution in [0.5, 0.6) is 0 Å². The minimum atomic E-state index is -1.49.